The molecule has 110 valence electrons. The molecule has 1 atom stereocenters. The van der Waals surface area contributed by atoms with E-state index in [9.17, 15) is 9.59 Å². The maximum atomic E-state index is 11.9. The normalized spacial score (nSPS) is 11.6. The van der Waals surface area contributed by atoms with Gasteiger partial charge in [0.05, 0.1) is 13.7 Å². The molecule has 1 rings (SSSR count). The summed E-state index contributed by atoms with van der Waals surface area (Å²) in [6.45, 7) is 2.05. The lowest BCUT2D eigenvalue weighted by Crippen LogP contribution is -2.46. The number of rotatable bonds is 6. The number of carboxylic acid groups (broad SMARTS) is 1. The number of nitrogens with one attached hydrogen (secondary N) is 1. The van der Waals surface area contributed by atoms with E-state index in [2.05, 4.69) is 5.32 Å². The van der Waals surface area contributed by atoms with Crippen molar-refractivity contribution in [1.82, 2.24) is 10.2 Å². The molecule has 1 aromatic rings. The number of nitrogens with zero attached hydrogens (tertiary/aromatic N) is 1. The molecule has 0 fully saturated rings. The molecule has 0 heterocycles. The highest BCUT2D eigenvalue weighted by molar-refractivity contribution is 5.82. The van der Waals surface area contributed by atoms with Crippen LogP contribution in [0, 0.1) is 0 Å². The van der Waals surface area contributed by atoms with E-state index in [-0.39, 0.29) is 0 Å². The summed E-state index contributed by atoms with van der Waals surface area (Å²) in [6.07, 6.45) is 0.337. The summed E-state index contributed by atoms with van der Waals surface area (Å²) in [6, 6.07) is 6.08. The van der Waals surface area contributed by atoms with Crippen molar-refractivity contribution in [3.8, 4) is 5.75 Å². The highest BCUT2D eigenvalue weighted by atomic mass is 16.5. The van der Waals surface area contributed by atoms with Crippen molar-refractivity contribution in [2.24, 2.45) is 0 Å². The fraction of sp³-hybridized carbons (Fsp3) is 0.429. The second-order valence-electron chi connectivity index (χ2n) is 4.42. The molecule has 2 N–H and O–H groups in total. The third-order valence-electron chi connectivity index (χ3n) is 2.95. The Hall–Kier alpha value is -2.24. The second-order valence-corrected chi connectivity index (χ2v) is 4.42. The molecule has 0 aliphatic carbocycles. The van der Waals surface area contributed by atoms with Crippen LogP contribution in [0.25, 0.3) is 0 Å². The number of ether oxygens (including phenoxy) is 1. The zero-order valence-corrected chi connectivity index (χ0v) is 11.9. The Morgan fingerprint density at radius 3 is 2.60 bits per heavy atom. The molecule has 0 spiro atoms. The lowest BCUT2D eigenvalue weighted by molar-refractivity contribution is -0.139. The maximum Gasteiger partial charge on any atom is 0.326 e. The van der Waals surface area contributed by atoms with Crippen molar-refractivity contribution in [1.29, 1.82) is 0 Å². The molecular weight excluding hydrogens is 260 g/mol. The van der Waals surface area contributed by atoms with Crippen LogP contribution in [-0.2, 0) is 11.3 Å². The minimum absolute atomic E-state index is 0.337. The fourth-order valence-electron chi connectivity index (χ4n) is 1.76. The van der Waals surface area contributed by atoms with E-state index < -0.39 is 18.0 Å². The van der Waals surface area contributed by atoms with Crippen LogP contribution < -0.4 is 10.1 Å². The van der Waals surface area contributed by atoms with E-state index in [1.54, 1.807) is 21.1 Å². The van der Waals surface area contributed by atoms with Gasteiger partial charge < -0.3 is 20.1 Å². The predicted molar refractivity (Wildman–Crippen MR) is 74.7 cm³/mol. The van der Waals surface area contributed by atoms with Gasteiger partial charge in [0.1, 0.15) is 11.8 Å². The molecular formula is C14H20N2O4. The first-order valence-electron chi connectivity index (χ1n) is 6.35. The van der Waals surface area contributed by atoms with Crippen molar-refractivity contribution in [2.45, 2.75) is 25.9 Å². The van der Waals surface area contributed by atoms with E-state index in [1.807, 2.05) is 24.3 Å². The molecule has 0 radical (unpaired) electrons. The van der Waals surface area contributed by atoms with Gasteiger partial charge >= 0.3 is 12.0 Å². The Labute approximate surface area is 118 Å². The highest BCUT2D eigenvalue weighted by Crippen LogP contribution is 2.18. The van der Waals surface area contributed by atoms with Crippen LogP contribution >= 0.6 is 0 Å². The Balaban J connectivity index is 2.68. The first-order valence-corrected chi connectivity index (χ1v) is 6.35. The summed E-state index contributed by atoms with van der Waals surface area (Å²) in [7, 11) is 3.17. The average Bonchev–Trinajstić information content (AvgIpc) is 2.44. The summed E-state index contributed by atoms with van der Waals surface area (Å²) in [4.78, 5) is 24.2. The second kappa shape index (κ2) is 7.37. The number of carbonyl (C=O) groups is 2. The Morgan fingerprint density at radius 1 is 1.40 bits per heavy atom. The first-order chi connectivity index (χ1) is 9.49. The number of carboxylic acids is 1. The van der Waals surface area contributed by atoms with Gasteiger partial charge in [0, 0.05) is 12.6 Å². The maximum absolute atomic E-state index is 11.9. The van der Waals surface area contributed by atoms with Gasteiger partial charge in [-0.1, -0.05) is 25.1 Å². The lowest BCUT2D eigenvalue weighted by Gasteiger charge is -2.21. The molecule has 0 bridgehead atoms. The van der Waals surface area contributed by atoms with Gasteiger partial charge in [-0.3, -0.25) is 0 Å². The van der Waals surface area contributed by atoms with E-state index in [1.165, 1.54) is 4.90 Å². The molecule has 0 saturated heterocycles. The zero-order valence-electron chi connectivity index (χ0n) is 11.9. The lowest BCUT2D eigenvalue weighted by atomic mass is 10.2. The number of benzene rings is 1. The Kier molecular flexibility index (Phi) is 5.83. The molecule has 6 heteroatoms. The molecule has 0 aromatic heterocycles. The number of urea groups is 1. The van der Waals surface area contributed by atoms with Gasteiger partial charge in [-0.25, -0.2) is 9.59 Å². The summed E-state index contributed by atoms with van der Waals surface area (Å²) in [5.41, 5.74) is 0.857. The monoisotopic (exact) mass is 280 g/mol. The molecule has 0 aliphatic rings. The van der Waals surface area contributed by atoms with Crippen LogP contribution in [0.4, 0.5) is 4.79 Å². The number of para-hydroxylation sites is 1. The minimum Gasteiger partial charge on any atom is -0.496 e. The highest BCUT2D eigenvalue weighted by Gasteiger charge is 2.20. The van der Waals surface area contributed by atoms with Crippen molar-refractivity contribution in [2.75, 3.05) is 14.2 Å². The molecule has 20 heavy (non-hydrogen) atoms. The predicted octanol–water partition coefficient (Wildman–Crippen LogP) is 1.70. The number of carbonyl (C=O) groups excluding carboxylic acids is 1. The molecule has 0 aliphatic heterocycles. The minimum atomic E-state index is -1.04. The summed E-state index contributed by atoms with van der Waals surface area (Å²) in [5.74, 6) is -0.344. The van der Waals surface area contributed by atoms with Crippen LogP contribution in [0.15, 0.2) is 24.3 Å². The van der Waals surface area contributed by atoms with Crippen LogP contribution in [0.5, 0.6) is 5.75 Å². The SMILES string of the molecule is CC[C@H](NC(=O)N(C)Cc1ccccc1OC)C(=O)O. The van der Waals surface area contributed by atoms with Gasteiger partial charge in [-0.05, 0) is 12.5 Å². The number of hydrogen-bond donors (Lipinski definition) is 2. The van der Waals surface area contributed by atoms with E-state index in [0.717, 1.165) is 5.56 Å². The first kappa shape index (κ1) is 15.8. The molecule has 0 unspecified atom stereocenters. The fourth-order valence-corrected chi connectivity index (χ4v) is 1.76. The summed E-state index contributed by atoms with van der Waals surface area (Å²) >= 11 is 0. The molecule has 6 nitrogen and oxygen atoms in total. The van der Waals surface area contributed by atoms with Crippen LogP contribution in [0.3, 0.4) is 0 Å². The van der Waals surface area contributed by atoms with E-state index in [0.29, 0.717) is 18.7 Å². The average molecular weight is 280 g/mol. The summed E-state index contributed by atoms with van der Waals surface area (Å²) in [5, 5.41) is 11.4. The van der Waals surface area contributed by atoms with E-state index >= 15 is 0 Å². The van der Waals surface area contributed by atoms with Crippen LogP contribution in [0.1, 0.15) is 18.9 Å². The number of amides is 2. The standard InChI is InChI=1S/C14H20N2O4/c1-4-11(13(17)18)15-14(19)16(2)9-10-7-5-6-8-12(10)20-3/h5-8,11H,4,9H2,1-3H3,(H,15,19)(H,17,18)/t11-/m0/s1. The van der Waals surface area contributed by atoms with Gasteiger partial charge in [-0.2, -0.15) is 0 Å². The summed E-state index contributed by atoms with van der Waals surface area (Å²) < 4.78 is 5.21. The zero-order chi connectivity index (χ0) is 15.1. The number of hydrogen-bond acceptors (Lipinski definition) is 3. The molecule has 0 saturated carbocycles. The quantitative estimate of drug-likeness (QED) is 0.831. The van der Waals surface area contributed by atoms with Crippen molar-refractivity contribution >= 4 is 12.0 Å². The van der Waals surface area contributed by atoms with Crippen LogP contribution in [-0.4, -0.2) is 42.2 Å². The number of methoxy groups -OCH3 is 1. The number of aliphatic carboxylic acids is 1. The van der Waals surface area contributed by atoms with Crippen molar-refractivity contribution in [3.05, 3.63) is 29.8 Å². The van der Waals surface area contributed by atoms with Crippen molar-refractivity contribution in [3.63, 3.8) is 0 Å². The topological polar surface area (TPSA) is 78.9 Å². The molecule has 1 aromatic carbocycles. The third kappa shape index (κ3) is 4.15. The van der Waals surface area contributed by atoms with Crippen molar-refractivity contribution < 1.29 is 19.4 Å². The van der Waals surface area contributed by atoms with Gasteiger partial charge in [0.2, 0.25) is 0 Å². The Morgan fingerprint density at radius 2 is 2.05 bits per heavy atom. The molecule has 2 amide bonds. The third-order valence-corrected chi connectivity index (χ3v) is 2.95. The smallest absolute Gasteiger partial charge is 0.326 e. The van der Waals surface area contributed by atoms with Gasteiger partial charge in [0.15, 0.2) is 0 Å². The van der Waals surface area contributed by atoms with E-state index in [4.69, 9.17) is 9.84 Å². The van der Waals surface area contributed by atoms with Crippen LogP contribution in [0.2, 0.25) is 0 Å². The van der Waals surface area contributed by atoms with Gasteiger partial charge in [-0.15, -0.1) is 0 Å². The Bertz CT molecular complexity index is 476. The van der Waals surface area contributed by atoms with Gasteiger partial charge in [0.25, 0.3) is 0 Å². The largest absolute Gasteiger partial charge is 0.496 e.